The van der Waals surface area contributed by atoms with E-state index in [1.165, 1.54) is 0 Å². The van der Waals surface area contributed by atoms with Crippen molar-refractivity contribution in [2.45, 2.75) is 37.8 Å². The molecular formula is C15H22N2O3. The van der Waals surface area contributed by atoms with Crippen LogP contribution in [0.1, 0.15) is 25.7 Å². The van der Waals surface area contributed by atoms with Gasteiger partial charge in [0.2, 0.25) is 11.8 Å². The van der Waals surface area contributed by atoms with Crippen molar-refractivity contribution in [1.82, 2.24) is 9.80 Å². The van der Waals surface area contributed by atoms with Crippen LogP contribution in [0.5, 0.6) is 0 Å². The minimum Gasteiger partial charge on any atom is -0.391 e. The van der Waals surface area contributed by atoms with Gasteiger partial charge in [-0.3, -0.25) is 9.59 Å². The van der Waals surface area contributed by atoms with Crippen molar-refractivity contribution in [3.8, 4) is 0 Å². The molecular weight excluding hydrogens is 256 g/mol. The number of likely N-dealkylation sites (tertiary alicyclic amines) is 2. The molecule has 4 aliphatic rings. The monoisotopic (exact) mass is 278 g/mol. The molecule has 2 aliphatic heterocycles. The molecule has 0 aromatic rings. The van der Waals surface area contributed by atoms with E-state index in [0.717, 1.165) is 25.8 Å². The molecule has 20 heavy (non-hydrogen) atoms. The molecule has 1 N–H and O–H groups in total. The fourth-order valence-electron chi connectivity index (χ4n) is 5.06. The predicted octanol–water partition coefficient (Wildman–Crippen LogP) is 0.0825. The molecule has 2 heterocycles. The molecule has 0 spiro atoms. The molecule has 0 aromatic heterocycles. The summed E-state index contributed by atoms with van der Waals surface area (Å²) >= 11 is 0. The number of hydrogen-bond acceptors (Lipinski definition) is 3. The summed E-state index contributed by atoms with van der Waals surface area (Å²) in [5.74, 6) is 1.54. The molecule has 0 radical (unpaired) electrons. The Labute approximate surface area is 118 Å². The Hall–Kier alpha value is -1.10. The maximum Gasteiger partial charge on any atom is 0.226 e. The zero-order valence-corrected chi connectivity index (χ0v) is 11.9. The maximum atomic E-state index is 12.7. The molecule has 2 bridgehead atoms. The Balaban J connectivity index is 1.51. The van der Waals surface area contributed by atoms with Crippen LogP contribution < -0.4 is 0 Å². The second-order valence-corrected chi connectivity index (χ2v) is 7.13. The molecule has 0 aromatic carbocycles. The summed E-state index contributed by atoms with van der Waals surface area (Å²) in [4.78, 5) is 28.2. The highest BCUT2D eigenvalue weighted by Gasteiger charge is 2.60. The first kappa shape index (κ1) is 12.6. The van der Waals surface area contributed by atoms with Crippen LogP contribution in [0.25, 0.3) is 0 Å². The van der Waals surface area contributed by atoms with E-state index in [4.69, 9.17) is 0 Å². The Morgan fingerprint density at radius 3 is 2.80 bits per heavy atom. The van der Waals surface area contributed by atoms with Crippen molar-refractivity contribution in [2.75, 3.05) is 20.1 Å². The molecule has 2 saturated heterocycles. The SMILES string of the molecule is CN1CC[C@H](C(=O)N2C[C@@H]3C[C@H]4C[C@H]3[C@H]2[C@H]4O)CC1=O. The summed E-state index contributed by atoms with van der Waals surface area (Å²) in [6.07, 6.45) is 2.95. The zero-order valence-electron chi connectivity index (χ0n) is 11.9. The number of aliphatic hydroxyl groups excluding tert-OH is 1. The summed E-state index contributed by atoms with van der Waals surface area (Å²) in [5.41, 5.74) is 0. The minimum absolute atomic E-state index is 0.0426. The normalized spacial score (nSPS) is 46.4. The molecule has 5 heteroatoms. The lowest BCUT2D eigenvalue weighted by molar-refractivity contribution is -0.146. The smallest absolute Gasteiger partial charge is 0.226 e. The number of aliphatic hydroxyl groups is 1. The first-order chi connectivity index (χ1) is 9.56. The van der Waals surface area contributed by atoms with Crippen LogP contribution in [0.15, 0.2) is 0 Å². The standard InChI is InChI=1S/C15H22N2O3/c1-16-3-2-8(6-12(16)18)15(20)17-7-10-4-9-5-11(10)13(17)14(9)19/h8-11,13-14,19H,2-7H2,1H3/t8-,9-,10-,11+,13-,14-/m0/s1. The first-order valence-electron chi connectivity index (χ1n) is 7.78. The average Bonchev–Trinajstić information content (AvgIpc) is 3.02. The number of piperidine rings is 1. The van der Waals surface area contributed by atoms with Gasteiger partial charge in [-0.25, -0.2) is 0 Å². The van der Waals surface area contributed by atoms with E-state index in [1.54, 1.807) is 11.9 Å². The molecule has 110 valence electrons. The maximum absolute atomic E-state index is 12.7. The summed E-state index contributed by atoms with van der Waals surface area (Å²) in [5, 5.41) is 10.3. The lowest BCUT2D eigenvalue weighted by Crippen LogP contribution is -2.48. The van der Waals surface area contributed by atoms with Gasteiger partial charge in [-0.1, -0.05) is 0 Å². The highest BCUT2D eigenvalue weighted by atomic mass is 16.3. The largest absolute Gasteiger partial charge is 0.391 e. The van der Waals surface area contributed by atoms with Gasteiger partial charge in [0.15, 0.2) is 0 Å². The van der Waals surface area contributed by atoms with Crippen molar-refractivity contribution in [1.29, 1.82) is 0 Å². The van der Waals surface area contributed by atoms with Gasteiger partial charge in [-0.15, -0.1) is 0 Å². The lowest BCUT2D eigenvalue weighted by atomic mass is 9.88. The number of carbonyl (C=O) groups is 2. The Bertz CT molecular complexity index is 464. The van der Waals surface area contributed by atoms with Gasteiger partial charge in [0, 0.05) is 32.5 Å². The molecule has 5 nitrogen and oxygen atoms in total. The minimum atomic E-state index is -0.329. The number of carbonyl (C=O) groups excluding carboxylic acids is 2. The fraction of sp³-hybridized carbons (Fsp3) is 0.867. The lowest BCUT2D eigenvalue weighted by Gasteiger charge is -2.34. The van der Waals surface area contributed by atoms with E-state index in [2.05, 4.69) is 0 Å². The van der Waals surface area contributed by atoms with Gasteiger partial charge in [-0.2, -0.15) is 0 Å². The third-order valence-corrected chi connectivity index (χ3v) is 6.14. The van der Waals surface area contributed by atoms with E-state index in [0.29, 0.717) is 30.7 Å². The highest BCUT2D eigenvalue weighted by molar-refractivity contribution is 5.87. The van der Waals surface area contributed by atoms with Gasteiger partial charge in [0.25, 0.3) is 0 Å². The number of rotatable bonds is 1. The second kappa shape index (κ2) is 4.20. The third-order valence-electron chi connectivity index (χ3n) is 6.14. The summed E-state index contributed by atoms with van der Waals surface area (Å²) < 4.78 is 0. The average molecular weight is 278 g/mol. The summed E-state index contributed by atoms with van der Waals surface area (Å²) in [7, 11) is 1.80. The van der Waals surface area contributed by atoms with E-state index >= 15 is 0 Å². The van der Waals surface area contributed by atoms with Crippen LogP contribution in [0.2, 0.25) is 0 Å². The number of hydrogen-bond donors (Lipinski definition) is 1. The van der Waals surface area contributed by atoms with Gasteiger partial charge < -0.3 is 14.9 Å². The first-order valence-corrected chi connectivity index (χ1v) is 7.78. The molecule has 2 saturated carbocycles. The van der Waals surface area contributed by atoms with Crippen LogP contribution in [-0.2, 0) is 9.59 Å². The Morgan fingerprint density at radius 1 is 1.30 bits per heavy atom. The molecule has 4 fully saturated rings. The van der Waals surface area contributed by atoms with Crippen molar-refractivity contribution in [3.05, 3.63) is 0 Å². The number of fused-ring (bicyclic) bond motifs is 1. The Kier molecular flexibility index (Phi) is 2.65. The van der Waals surface area contributed by atoms with E-state index in [-0.39, 0.29) is 29.9 Å². The van der Waals surface area contributed by atoms with Crippen molar-refractivity contribution < 1.29 is 14.7 Å². The summed E-state index contributed by atoms with van der Waals surface area (Å²) in [6, 6.07) is 0.0426. The van der Waals surface area contributed by atoms with Crippen LogP contribution in [0.4, 0.5) is 0 Å². The molecule has 2 aliphatic carbocycles. The van der Waals surface area contributed by atoms with Crippen LogP contribution in [0.3, 0.4) is 0 Å². The highest BCUT2D eigenvalue weighted by Crippen LogP contribution is 2.55. The van der Waals surface area contributed by atoms with Crippen LogP contribution in [0, 0.1) is 23.7 Å². The van der Waals surface area contributed by atoms with E-state index in [1.807, 2.05) is 4.90 Å². The van der Waals surface area contributed by atoms with Crippen LogP contribution >= 0.6 is 0 Å². The van der Waals surface area contributed by atoms with Gasteiger partial charge in [-0.05, 0) is 37.0 Å². The number of nitrogens with zero attached hydrogens (tertiary/aromatic N) is 2. The second-order valence-electron chi connectivity index (χ2n) is 7.13. The van der Waals surface area contributed by atoms with Gasteiger partial charge >= 0.3 is 0 Å². The molecule has 0 unspecified atom stereocenters. The topological polar surface area (TPSA) is 60.9 Å². The van der Waals surface area contributed by atoms with Gasteiger partial charge in [0.1, 0.15) is 0 Å². The van der Waals surface area contributed by atoms with Crippen molar-refractivity contribution in [2.24, 2.45) is 23.7 Å². The molecule has 4 rings (SSSR count). The fourth-order valence-corrected chi connectivity index (χ4v) is 5.06. The molecule has 2 amide bonds. The number of amides is 2. The molecule has 6 atom stereocenters. The quantitative estimate of drug-likeness (QED) is 0.739. The van der Waals surface area contributed by atoms with E-state index < -0.39 is 0 Å². The van der Waals surface area contributed by atoms with Gasteiger partial charge in [0.05, 0.1) is 12.1 Å². The summed E-state index contributed by atoms with van der Waals surface area (Å²) in [6.45, 7) is 1.48. The van der Waals surface area contributed by atoms with Crippen LogP contribution in [-0.4, -0.2) is 59.0 Å². The predicted molar refractivity (Wildman–Crippen MR) is 71.6 cm³/mol. The zero-order chi connectivity index (χ0) is 14.0. The Morgan fingerprint density at radius 2 is 2.10 bits per heavy atom. The van der Waals surface area contributed by atoms with Crippen molar-refractivity contribution >= 4 is 11.8 Å². The van der Waals surface area contributed by atoms with E-state index in [9.17, 15) is 14.7 Å². The third kappa shape index (κ3) is 1.59. The van der Waals surface area contributed by atoms with Crippen molar-refractivity contribution in [3.63, 3.8) is 0 Å².